The second kappa shape index (κ2) is 8.53. The number of carbonyl (C=O) groups excluding carboxylic acids is 1. The van der Waals surface area contributed by atoms with Crippen molar-refractivity contribution in [2.75, 3.05) is 20.3 Å². The highest BCUT2D eigenvalue weighted by Gasteiger charge is 2.11. The summed E-state index contributed by atoms with van der Waals surface area (Å²) in [5, 5.41) is 3.44. The lowest BCUT2D eigenvalue weighted by molar-refractivity contribution is -0.140. The molecule has 0 unspecified atom stereocenters. The van der Waals surface area contributed by atoms with E-state index in [0.29, 0.717) is 26.1 Å². The lowest BCUT2D eigenvalue weighted by Crippen LogP contribution is -2.16. The molecule has 5 heteroatoms. The van der Waals surface area contributed by atoms with Crippen molar-refractivity contribution < 1.29 is 19.0 Å². The fraction of sp³-hybridized carbons (Fsp3) is 0.350. The molecule has 0 saturated carbocycles. The van der Waals surface area contributed by atoms with E-state index in [4.69, 9.17) is 9.47 Å². The van der Waals surface area contributed by atoms with E-state index < -0.39 is 0 Å². The van der Waals surface area contributed by atoms with Gasteiger partial charge in [0.2, 0.25) is 0 Å². The molecule has 0 spiro atoms. The Hall–Kier alpha value is -2.53. The van der Waals surface area contributed by atoms with E-state index in [9.17, 15) is 4.79 Å². The van der Waals surface area contributed by atoms with Gasteiger partial charge in [-0.25, -0.2) is 0 Å². The minimum atomic E-state index is -0.179. The minimum absolute atomic E-state index is 0.179. The quantitative estimate of drug-likeness (QED) is 0.785. The number of methoxy groups -OCH3 is 1. The van der Waals surface area contributed by atoms with Gasteiger partial charge in [-0.1, -0.05) is 30.3 Å². The van der Waals surface area contributed by atoms with Gasteiger partial charge in [0.25, 0.3) is 0 Å². The van der Waals surface area contributed by atoms with E-state index in [1.165, 1.54) is 12.7 Å². The van der Waals surface area contributed by atoms with E-state index in [2.05, 4.69) is 22.2 Å². The van der Waals surface area contributed by atoms with Gasteiger partial charge >= 0.3 is 5.97 Å². The normalized spacial score (nSPS) is 12.7. The molecule has 5 nitrogen and oxygen atoms in total. The predicted octanol–water partition coefficient (Wildman–Crippen LogP) is 2.85. The third kappa shape index (κ3) is 4.97. The van der Waals surface area contributed by atoms with Crippen LogP contribution < -0.4 is 14.8 Å². The summed E-state index contributed by atoms with van der Waals surface area (Å²) in [5.41, 5.74) is 3.50. The van der Waals surface area contributed by atoms with Crippen LogP contribution in [0.3, 0.4) is 0 Å². The molecule has 2 aromatic carbocycles. The van der Waals surface area contributed by atoms with Crippen LogP contribution >= 0.6 is 0 Å². The van der Waals surface area contributed by atoms with Crippen LogP contribution in [0.5, 0.6) is 11.5 Å². The molecule has 0 bridgehead atoms. The van der Waals surface area contributed by atoms with Gasteiger partial charge in [-0.15, -0.1) is 0 Å². The zero-order chi connectivity index (χ0) is 17.5. The molecule has 1 aliphatic rings. The first kappa shape index (κ1) is 17.3. The Morgan fingerprint density at radius 1 is 1.00 bits per heavy atom. The zero-order valence-electron chi connectivity index (χ0n) is 14.4. The molecule has 132 valence electrons. The average molecular weight is 341 g/mol. The van der Waals surface area contributed by atoms with Gasteiger partial charge in [0.15, 0.2) is 11.5 Å². The maximum Gasteiger partial charge on any atom is 0.305 e. The van der Waals surface area contributed by atoms with Crippen LogP contribution in [0.15, 0.2) is 42.5 Å². The highest BCUT2D eigenvalue weighted by molar-refractivity contribution is 5.69. The molecular formula is C20H23NO4. The molecule has 0 fully saturated rings. The summed E-state index contributed by atoms with van der Waals surface area (Å²) in [4.78, 5) is 11.2. The van der Waals surface area contributed by atoms with Crippen molar-refractivity contribution in [3.8, 4) is 11.5 Å². The SMILES string of the molecule is COC(=O)CCc1cccc(CNCc2ccc3c(c2)OCCO3)c1. The number of ether oxygens (including phenoxy) is 3. The summed E-state index contributed by atoms with van der Waals surface area (Å²) < 4.78 is 15.8. The van der Waals surface area contributed by atoms with Crippen molar-refractivity contribution >= 4 is 5.97 Å². The van der Waals surface area contributed by atoms with Crippen molar-refractivity contribution in [3.63, 3.8) is 0 Å². The number of hydrogen-bond acceptors (Lipinski definition) is 5. The topological polar surface area (TPSA) is 56.8 Å². The number of hydrogen-bond donors (Lipinski definition) is 1. The van der Waals surface area contributed by atoms with E-state index in [1.807, 2.05) is 30.3 Å². The molecule has 3 rings (SSSR count). The van der Waals surface area contributed by atoms with Crippen LogP contribution in [0.25, 0.3) is 0 Å². The molecule has 0 amide bonds. The van der Waals surface area contributed by atoms with Gasteiger partial charge in [-0.3, -0.25) is 4.79 Å². The summed E-state index contributed by atoms with van der Waals surface area (Å²) in [7, 11) is 1.42. The minimum Gasteiger partial charge on any atom is -0.486 e. The first-order valence-electron chi connectivity index (χ1n) is 8.48. The number of carbonyl (C=O) groups is 1. The van der Waals surface area contributed by atoms with E-state index in [0.717, 1.165) is 35.7 Å². The van der Waals surface area contributed by atoms with Gasteiger partial charge in [0.05, 0.1) is 7.11 Å². The summed E-state index contributed by atoms with van der Waals surface area (Å²) in [6.07, 6.45) is 1.10. The maximum atomic E-state index is 11.2. The van der Waals surface area contributed by atoms with Crippen molar-refractivity contribution in [1.82, 2.24) is 5.32 Å². The molecule has 2 aromatic rings. The largest absolute Gasteiger partial charge is 0.486 e. The van der Waals surface area contributed by atoms with Crippen molar-refractivity contribution in [3.05, 3.63) is 59.2 Å². The van der Waals surface area contributed by atoms with Crippen LogP contribution in [-0.2, 0) is 29.0 Å². The average Bonchev–Trinajstić information content (AvgIpc) is 2.66. The smallest absolute Gasteiger partial charge is 0.305 e. The third-order valence-electron chi connectivity index (χ3n) is 4.10. The maximum absolute atomic E-state index is 11.2. The molecule has 25 heavy (non-hydrogen) atoms. The Morgan fingerprint density at radius 2 is 1.72 bits per heavy atom. The molecule has 0 radical (unpaired) electrons. The molecule has 1 aliphatic heterocycles. The lowest BCUT2D eigenvalue weighted by Gasteiger charge is -2.19. The van der Waals surface area contributed by atoms with Crippen LogP contribution in [0.1, 0.15) is 23.1 Å². The number of benzene rings is 2. The number of nitrogens with one attached hydrogen (secondary N) is 1. The highest BCUT2D eigenvalue weighted by Crippen LogP contribution is 2.30. The van der Waals surface area contributed by atoms with Crippen molar-refractivity contribution in [2.45, 2.75) is 25.9 Å². The number of fused-ring (bicyclic) bond motifs is 1. The van der Waals surface area contributed by atoms with Gasteiger partial charge in [-0.05, 0) is 35.2 Å². The van der Waals surface area contributed by atoms with E-state index >= 15 is 0 Å². The number of esters is 1. The molecule has 1 N–H and O–H groups in total. The molecule has 0 saturated heterocycles. The summed E-state index contributed by atoms with van der Waals surface area (Å²) in [6.45, 7) is 2.72. The Balaban J connectivity index is 1.51. The summed E-state index contributed by atoms with van der Waals surface area (Å²) in [6, 6.07) is 14.3. The summed E-state index contributed by atoms with van der Waals surface area (Å²) >= 11 is 0. The van der Waals surface area contributed by atoms with Gasteiger partial charge < -0.3 is 19.5 Å². The fourth-order valence-electron chi connectivity index (χ4n) is 2.79. The van der Waals surface area contributed by atoms with Crippen LogP contribution in [0.2, 0.25) is 0 Å². The Labute approximate surface area is 147 Å². The Bertz CT molecular complexity index is 729. The molecule has 1 heterocycles. The van der Waals surface area contributed by atoms with Crippen LogP contribution in [0.4, 0.5) is 0 Å². The van der Waals surface area contributed by atoms with Crippen LogP contribution in [-0.4, -0.2) is 26.3 Å². The lowest BCUT2D eigenvalue weighted by atomic mass is 10.1. The first-order chi connectivity index (χ1) is 12.2. The standard InChI is InChI=1S/C20H23NO4/c1-23-20(22)8-6-15-3-2-4-16(11-15)13-21-14-17-5-7-18-19(12-17)25-10-9-24-18/h2-5,7,11-12,21H,6,8-10,13-14H2,1H3. The monoisotopic (exact) mass is 341 g/mol. The van der Waals surface area contributed by atoms with Gasteiger partial charge in [0.1, 0.15) is 13.2 Å². The Morgan fingerprint density at radius 3 is 2.52 bits per heavy atom. The second-order valence-corrected chi connectivity index (χ2v) is 5.98. The number of rotatable bonds is 7. The van der Waals surface area contributed by atoms with E-state index in [-0.39, 0.29) is 5.97 Å². The number of aryl methyl sites for hydroxylation is 1. The molecular weight excluding hydrogens is 318 g/mol. The summed E-state index contributed by atoms with van der Waals surface area (Å²) in [5.74, 6) is 1.45. The highest BCUT2D eigenvalue weighted by atomic mass is 16.6. The predicted molar refractivity (Wildman–Crippen MR) is 94.8 cm³/mol. The van der Waals surface area contributed by atoms with Crippen LogP contribution in [0, 0.1) is 0 Å². The van der Waals surface area contributed by atoms with Gasteiger partial charge in [0, 0.05) is 19.5 Å². The third-order valence-corrected chi connectivity index (χ3v) is 4.10. The second-order valence-electron chi connectivity index (χ2n) is 5.98. The molecule has 0 aliphatic carbocycles. The fourth-order valence-corrected chi connectivity index (χ4v) is 2.79. The van der Waals surface area contributed by atoms with Crippen molar-refractivity contribution in [2.24, 2.45) is 0 Å². The molecule has 0 atom stereocenters. The Kier molecular flexibility index (Phi) is 5.90. The van der Waals surface area contributed by atoms with Crippen molar-refractivity contribution in [1.29, 1.82) is 0 Å². The first-order valence-corrected chi connectivity index (χ1v) is 8.48. The molecule has 0 aromatic heterocycles. The van der Waals surface area contributed by atoms with Gasteiger partial charge in [-0.2, -0.15) is 0 Å². The zero-order valence-corrected chi connectivity index (χ0v) is 14.4. The van der Waals surface area contributed by atoms with E-state index in [1.54, 1.807) is 0 Å².